The minimum absolute atomic E-state index is 0.200. The second-order valence-corrected chi connectivity index (χ2v) is 3.64. The maximum atomic E-state index is 8.73. The van der Waals surface area contributed by atoms with E-state index in [0.29, 0.717) is 25.7 Å². The first-order valence-corrected chi connectivity index (χ1v) is 5.15. The highest BCUT2D eigenvalue weighted by molar-refractivity contribution is 5.29. The van der Waals surface area contributed by atoms with Crippen molar-refractivity contribution < 1.29 is 9.47 Å². The van der Waals surface area contributed by atoms with Gasteiger partial charge in [-0.15, -0.1) is 0 Å². The van der Waals surface area contributed by atoms with Gasteiger partial charge in [-0.1, -0.05) is 13.8 Å². The van der Waals surface area contributed by atoms with E-state index in [-0.39, 0.29) is 11.6 Å². The van der Waals surface area contributed by atoms with E-state index in [2.05, 4.69) is 23.8 Å². The lowest BCUT2D eigenvalue weighted by Crippen LogP contribution is -2.11. The van der Waals surface area contributed by atoms with Crippen molar-refractivity contribution in [1.29, 1.82) is 5.26 Å². The van der Waals surface area contributed by atoms with Crippen LogP contribution in [0.5, 0.6) is 5.88 Å². The first-order valence-electron chi connectivity index (χ1n) is 5.15. The molecule has 1 aromatic rings. The molecule has 0 saturated carbocycles. The van der Waals surface area contributed by atoms with Crippen molar-refractivity contribution in [3.63, 3.8) is 0 Å². The van der Waals surface area contributed by atoms with Crippen molar-refractivity contribution in [3.05, 3.63) is 18.1 Å². The highest BCUT2D eigenvalue weighted by Crippen LogP contribution is 2.09. The molecule has 0 bridgehead atoms. The van der Waals surface area contributed by atoms with Crippen LogP contribution < -0.4 is 4.74 Å². The van der Waals surface area contributed by atoms with E-state index in [1.54, 1.807) is 0 Å². The fraction of sp³-hybridized carbons (Fsp3) is 0.545. The highest BCUT2D eigenvalue weighted by atomic mass is 16.5. The summed E-state index contributed by atoms with van der Waals surface area (Å²) in [6.45, 7) is 5.73. The third kappa shape index (κ3) is 4.24. The summed E-state index contributed by atoms with van der Waals surface area (Å²) in [6.07, 6.45) is 2.95. The number of hydrogen-bond donors (Lipinski definition) is 0. The molecule has 16 heavy (non-hydrogen) atoms. The van der Waals surface area contributed by atoms with Crippen LogP contribution in [0, 0.1) is 17.2 Å². The van der Waals surface area contributed by atoms with Crippen LogP contribution in [0.1, 0.15) is 19.5 Å². The first kappa shape index (κ1) is 12.4. The summed E-state index contributed by atoms with van der Waals surface area (Å²) in [7, 11) is 0. The molecule has 0 fully saturated rings. The molecular weight excluding hydrogens is 206 g/mol. The lowest BCUT2D eigenvalue weighted by atomic mass is 10.2. The molecule has 0 atom stereocenters. The van der Waals surface area contributed by atoms with Crippen LogP contribution in [0.25, 0.3) is 0 Å². The Labute approximate surface area is 95.0 Å². The smallest absolute Gasteiger partial charge is 0.251 e. The van der Waals surface area contributed by atoms with E-state index < -0.39 is 0 Å². The Morgan fingerprint density at radius 1 is 1.31 bits per heavy atom. The van der Waals surface area contributed by atoms with Gasteiger partial charge in [-0.3, -0.25) is 0 Å². The van der Waals surface area contributed by atoms with Crippen molar-refractivity contribution in [2.45, 2.75) is 13.8 Å². The van der Waals surface area contributed by atoms with Gasteiger partial charge in [0.25, 0.3) is 5.88 Å². The fourth-order valence-electron chi connectivity index (χ4n) is 1.02. The molecule has 0 spiro atoms. The fourth-order valence-corrected chi connectivity index (χ4v) is 1.02. The summed E-state index contributed by atoms with van der Waals surface area (Å²) in [6, 6.07) is 1.92. The average molecular weight is 221 g/mol. The van der Waals surface area contributed by atoms with Crippen LogP contribution in [0.15, 0.2) is 12.4 Å². The van der Waals surface area contributed by atoms with Gasteiger partial charge < -0.3 is 9.47 Å². The molecule has 1 rings (SSSR count). The molecule has 5 heteroatoms. The van der Waals surface area contributed by atoms with Gasteiger partial charge in [0.15, 0.2) is 0 Å². The molecule has 0 unspecified atom stereocenters. The summed E-state index contributed by atoms with van der Waals surface area (Å²) in [5.41, 5.74) is 0.200. The standard InChI is InChI=1S/C11H15N3O2/c1-9(2)8-15-5-6-16-11-10(7-12)13-3-4-14-11/h3-4,9H,5-6,8H2,1-2H3. The van der Waals surface area contributed by atoms with Gasteiger partial charge in [-0.2, -0.15) is 5.26 Å². The minimum atomic E-state index is 0.200. The van der Waals surface area contributed by atoms with Gasteiger partial charge in [0.2, 0.25) is 5.69 Å². The normalized spacial score (nSPS) is 10.1. The van der Waals surface area contributed by atoms with Crippen LogP contribution >= 0.6 is 0 Å². The number of ether oxygens (including phenoxy) is 2. The van der Waals surface area contributed by atoms with Gasteiger partial charge in [-0.25, -0.2) is 9.97 Å². The molecule has 1 aromatic heterocycles. The SMILES string of the molecule is CC(C)COCCOc1nccnc1C#N. The molecule has 0 aliphatic rings. The summed E-state index contributed by atoms with van der Waals surface area (Å²) >= 11 is 0. The molecule has 86 valence electrons. The van der Waals surface area contributed by atoms with Crippen LogP contribution in [-0.2, 0) is 4.74 Å². The number of aromatic nitrogens is 2. The number of rotatable bonds is 6. The van der Waals surface area contributed by atoms with Gasteiger partial charge >= 0.3 is 0 Å². The minimum Gasteiger partial charge on any atom is -0.473 e. The second kappa shape index (κ2) is 6.75. The third-order valence-corrected chi connectivity index (χ3v) is 1.69. The lowest BCUT2D eigenvalue weighted by Gasteiger charge is -2.08. The first-order chi connectivity index (χ1) is 7.74. The highest BCUT2D eigenvalue weighted by Gasteiger charge is 2.04. The van der Waals surface area contributed by atoms with Crippen LogP contribution in [0.4, 0.5) is 0 Å². The maximum Gasteiger partial charge on any atom is 0.251 e. The van der Waals surface area contributed by atoms with E-state index in [4.69, 9.17) is 14.7 Å². The van der Waals surface area contributed by atoms with E-state index in [9.17, 15) is 0 Å². The van der Waals surface area contributed by atoms with Crippen molar-refractivity contribution in [2.24, 2.45) is 5.92 Å². The summed E-state index contributed by atoms with van der Waals surface area (Å²) < 4.78 is 10.6. The van der Waals surface area contributed by atoms with E-state index in [1.807, 2.05) is 6.07 Å². The summed E-state index contributed by atoms with van der Waals surface area (Å²) in [4.78, 5) is 7.75. The Bertz CT molecular complexity index is 360. The molecule has 0 aliphatic heterocycles. The Morgan fingerprint density at radius 3 is 2.75 bits per heavy atom. The molecule has 1 heterocycles. The molecule has 5 nitrogen and oxygen atoms in total. The van der Waals surface area contributed by atoms with Gasteiger partial charge in [-0.05, 0) is 5.92 Å². The van der Waals surface area contributed by atoms with E-state index in [0.717, 1.165) is 0 Å². The molecule has 0 aromatic carbocycles. The second-order valence-electron chi connectivity index (χ2n) is 3.64. The Hall–Kier alpha value is -1.67. The topological polar surface area (TPSA) is 68.0 Å². The Balaban J connectivity index is 2.30. The van der Waals surface area contributed by atoms with Crippen LogP contribution in [-0.4, -0.2) is 29.8 Å². The van der Waals surface area contributed by atoms with E-state index >= 15 is 0 Å². The zero-order valence-electron chi connectivity index (χ0n) is 9.51. The zero-order chi connectivity index (χ0) is 11.8. The molecular formula is C11H15N3O2. The Kier molecular flexibility index (Phi) is 5.23. The van der Waals surface area contributed by atoms with Gasteiger partial charge in [0, 0.05) is 19.0 Å². The summed E-state index contributed by atoms with van der Waals surface area (Å²) in [5.74, 6) is 0.768. The predicted octanol–water partition coefficient (Wildman–Crippen LogP) is 1.40. The van der Waals surface area contributed by atoms with Crippen molar-refractivity contribution in [1.82, 2.24) is 9.97 Å². The zero-order valence-corrected chi connectivity index (χ0v) is 9.51. The largest absolute Gasteiger partial charge is 0.473 e. The number of nitriles is 1. The van der Waals surface area contributed by atoms with Gasteiger partial charge in [0.1, 0.15) is 12.7 Å². The molecule has 0 saturated heterocycles. The van der Waals surface area contributed by atoms with Crippen LogP contribution in [0.3, 0.4) is 0 Å². The van der Waals surface area contributed by atoms with Gasteiger partial charge in [0.05, 0.1) is 6.61 Å². The third-order valence-electron chi connectivity index (χ3n) is 1.69. The summed E-state index contributed by atoms with van der Waals surface area (Å²) in [5, 5.41) is 8.73. The average Bonchev–Trinajstić information content (AvgIpc) is 2.29. The molecule has 0 radical (unpaired) electrons. The predicted molar refractivity (Wildman–Crippen MR) is 57.9 cm³/mol. The Morgan fingerprint density at radius 2 is 2.06 bits per heavy atom. The van der Waals surface area contributed by atoms with Crippen molar-refractivity contribution in [2.75, 3.05) is 19.8 Å². The molecule has 0 amide bonds. The lowest BCUT2D eigenvalue weighted by molar-refractivity contribution is 0.0804. The van der Waals surface area contributed by atoms with Crippen molar-refractivity contribution >= 4 is 0 Å². The van der Waals surface area contributed by atoms with E-state index in [1.165, 1.54) is 12.4 Å². The number of nitrogens with zero attached hydrogens (tertiary/aromatic N) is 3. The van der Waals surface area contributed by atoms with Crippen molar-refractivity contribution in [3.8, 4) is 11.9 Å². The van der Waals surface area contributed by atoms with Crippen LogP contribution in [0.2, 0.25) is 0 Å². The maximum absolute atomic E-state index is 8.73. The number of hydrogen-bond acceptors (Lipinski definition) is 5. The monoisotopic (exact) mass is 221 g/mol. The molecule has 0 N–H and O–H groups in total. The quantitative estimate of drug-likeness (QED) is 0.679. The molecule has 0 aliphatic carbocycles.